The van der Waals surface area contributed by atoms with E-state index >= 15 is 0 Å². The average molecular weight is 516 g/mol. The van der Waals surface area contributed by atoms with Gasteiger partial charge >= 0.3 is 6.18 Å². The molecule has 12 heteroatoms. The van der Waals surface area contributed by atoms with Crippen molar-refractivity contribution in [3.05, 3.63) is 76.9 Å². The molecule has 0 aliphatic carbocycles. The first-order valence-electron chi connectivity index (χ1n) is 11.5. The number of nitrogens with two attached hydrogens (primary N) is 1. The van der Waals surface area contributed by atoms with Gasteiger partial charge in [-0.3, -0.25) is 9.59 Å². The zero-order valence-electron chi connectivity index (χ0n) is 19.5. The number of hydrogen-bond acceptors (Lipinski definition) is 6. The zero-order chi connectivity index (χ0) is 26.6. The van der Waals surface area contributed by atoms with Crippen LogP contribution in [0.25, 0.3) is 11.3 Å². The molecule has 2 aromatic carbocycles. The molecule has 194 valence electrons. The van der Waals surface area contributed by atoms with Crippen molar-refractivity contribution in [2.75, 3.05) is 18.8 Å². The molecular weight excluding hydrogens is 492 g/mol. The van der Waals surface area contributed by atoms with Crippen LogP contribution in [-0.2, 0) is 12.7 Å². The van der Waals surface area contributed by atoms with Gasteiger partial charge in [0, 0.05) is 30.3 Å². The van der Waals surface area contributed by atoms with Crippen LogP contribution in [0.15, 0.2) is 48.7 Å². The number of nitrogens with one attached hydrogen (secondary N) is 3. The van der Waals surface area contributed by atoms with Crippen LogP contribution < -0.4 is 21.7 Å². The highest BCUT2D eigenvalue weighted by molar-refractivity contribution is 5.97. The summed E-state index contributed by atoms with van der Waals surface area (Å²) in [7, 11) is 0. The number of carbonyl (C=O) groups excluding carboxylic acids is 2. The second-order valence-corrected chi connectivity index (χ2v) is 8.58. The zero-order valence-corrected chi connectivity index (χ0v) is 19.5. The molecule has 3 aromatic rings. The molecule has 1 aliphatic rings. The molecular formula is C25H24F4N6O2. The van der Waals surface area contributed by atoms with Gasteiger partial charge in [-0.25, -0.2) is 14.4 Å². The summed E-state index contributed by atoms with van der Waals surface area (Å²) in [6.45, 7) is 1.30. The van der Waals surface area contributed by atoms with E-state index in [1.807, 2.05) is 0 Å². The molecule has 5 N–H and O–H groups in total. The first-order valence-corrected chi connectivity index (χ1v) is 11.5. The van der Waals surface area contributed by atoms with Crippen LogP contribution in [-0.4, -0.2) is 40.9 Å². The number of nitrogens with zero attached hydrogens (tertiary/aromatic N) is 2. The maximum atomic E-state index is 13.5. The van der Waals surface area contributed by atoms with E-state index in [2.05, 4.69) is 25.9 Å². The number of carbonyl (C=O) groups is 2. The van der Waals surface area contributed by atoms with Crippen LogP contribution >= 0.6 is 0 Å². The topological polar surface area (TPSA) is 122 Å². The molecule has 2 amide bonds. The number of hydrogen-bond donors (Lipinski definition) is 4. The van der Waals surface area contributed by atoms with E-state index in [4.69, 9.17) is 5.73 Å². The summed E-state index contributed by atoms with van der Waals surface area (Å²) in [6, 6.07) is 8.77. The van der Waals surface area contributed by atoms with Crippen molar-refractivity contribution in [1.82, 2.24) is 25.9 Å². The Balaban J connectivity index is 1.48. The van der Waals surface area contributed by atoms with Crippen LogP contribution in [0.3, 0.4) is 0 Å². The highest BCUT2D eigenvalue weighted by atomic mass is 19.4. The summed E-state index contributed by atoms with van der Waals surface area (Å²) in [4.78, 5) is 33.8. The van der Waals surface area contributed by atoms with Crippen molar-refractivity contribution in [3.8, 4) is 11.3 Å². The average Bonchev–Trinajstić information content (AvgIpc) is 2.88. The minimum absolute atomic E-state index is 0.0311. The summed E-state index contributed by atoms with van der Waals surface area (Å²) in [5.41, 5.74) is 5.53. The molecule has 1 aliphatic heterocycles. The van der Waals surface area contributed by atoms with Gasteiger partial charge in [0.2, 0.25) is 0 Å². The van der Waals surface area contributed by atoms with Gasteiger partial charge in [-0.1, -0.05) is 18.2 Å². The molecule has 8 nitrogen and oxygen atoms in total. The molecule has 1 unspecified atom stereocenters. The van der Waals surface area contributed by atoms with Crippen molar-refractivity contribution >= 4 is 17.6 Å². The summed E-state index contributed by atoms with van der Waals surface area (Å²) < 4.78 is 52.3. The first kappa shape index (κ1) is 26.0. The van der Waals surface area contributed by atoms with Crippen molar-refractivity contribution < 1.29 is 27.2 Å². The number of alkyl halides is 3. The van der Waals surface area contributed by atoms with E-state index in [-0.39, 0.29) is 35.2 Å². The smallest absolute Gasteiger partial charge is 0.382 e. The van der Waals surface area contributed by atoms with Crippen LogP contribution in [0.5, 0.6) is 0 Å². The number of nitrogen functional groups attached to an aromatic ring is 1. The maximum Gasteiger partial charge on any atom is 0.419 e. The molecule has 1 atom stereocenters. The largest absolute Gasteiger partial charge is 0.419 e. The lowest BCUT2D eigenvalue weighted by atomic mass is 10.1. The Kier molecular flexibility index (Phi) is 7.67. The van der Waals surface area contributed by atoms with Gasteiger partial charge in [-0.2, -0.15) is 13.2 Å². The molecule has 37 heavy (non-hydrogen) atoms. The molecule has 1 aromatic heterocycles. The van der Waals surface area contributed by atoms with Crippen molar-refractivity contribution in [1.29, 1.82) is 0 Å². The molecule has 2 heterocycles. The lowest BCUT2D eigenvalue weighted by Crippen LogP contribution is -2.46. The van der Waals surface area contributed by atoms with Crippen molar-refractivity contribution in [3.63, 3.8) is 0 Å². The summed E-state index contributed by atoms with van der Waals surface area (Å²) in [5.74, 6) is -2.43. The van der Waals surface area contributed by atoms with Gasteiger partial charge in [0.25, 0.3) is 11.8 Å². The van der Waals surface area contributed by atoms with Gasteiger partial charge in [0.1, 0.15) is 5.82 Å². The molecule has 1 fully saturated rings. The molecule has 0 spiro atoms. The highest BCUT2D eigenvalue weighted by Crippen LogP contribution is 2.32. The number of amides is 2. The van der Waals surface area contributed by atoms with Gasteiger partial charge in [0.15, 0.2) is 11.5 Å². The highest BCUT2D eigenvalue weighted by Gasteiger charge is 2.34. The van der Waals surface area contributed by atoms with E-state index in [0.29, 0.717) is 29.9 Å². The Labute approximate surface area is 209 Å². The number of aromatic nitrogens is 2. The molecule has 4 rings (SSSR count). The SMILES string of the molecule is Nc1ncc(-c2cccc(C(=O)NCc3ccc(F)c(C(F)(F)F)c3)c2)nc1C(=O)NC1CCCNC1. The summed E-state index contributed by atoms with van der Waals surface area (Å²) in [6.07, 6.45) is -1.70. The number of benzene rings is 2. The van der Waals surface area contributed by atoms with Gasteiger partial charge in [-0.05, 0) is 49.2 Å². The fourth-order valence-electron chi connectivity index (χ4n) is 3.94. The van der Waals surface area contributed by atoms with Gasteiger partial charge in [0.05, 0.1) is 17.5 Å². The molecule has 1 saturated heterocycles. The van der Waals surface area contributed by atoms with Crippen LogP contribution in [0.4, 0.5) is 23.4 Å². The third-order valence-corrected chi connectivity index (χ3v) is 5.86. The predicted octanol–water partition coefficient (Wildman–Crippen LogP) is 3.30. The third kappa shape index (κ3) is 6.39. The molecule has 0 bridgehead atoms. The Morgan fingerprint density at radius 3 is 2.68 bits per heavy atom. The van der Waals surface area contributed by atoms with Crippen molar-refractivity contribution in [2.24, 2.45) is 0 Å². The lowest BCUT2D eigenvalue weighted by Gasteiger charge is -2.23. The third-order valence-electron chi connectivity index (χ3n) is 5.86. The standard InChI is InChI=1S/C25H24F4N6O2/c26-19-7-6-14(9-18(19)25(27,28)29)11-33-23(36)16-4-1-3-15(10-16)20-13-32-22(30)21(35-20)24(37)34-17-5-2-8-31-12-17/h1,3-4,6-7,9-10,13,17,31H,2,5,8,11-12H2,(H2,30,32)(H,33,36)(H,34,37). The van der Waals surface area contributed by atoms with E-state index < -0.39 is 29.4 Å². The number of piperidine rings is 1. The number of rotatable bonds is 6. The van der Waals surface area contributed by atoms with E-state index in [0.717, 1.165) is 19.4 Å². The Hall–Kier alpha value is -4.06. The van der Waals surface area contributed by atoms with Crippen LogP contribution in [0.1, 0.15) is 44.8 Å². The lowest BCUT2D eigenvalue weighted by molar-refractivity contribution is -0.140. The fraction of sp³-hybridized carbons (Fsp3) is 0.280. The Morgan fingerprint density at radius 2 is 1.95 bits per heavy atom. The van der Waals surface area contributed by atoms with Gasteiger partial charge in [-0.15, -0.1) is 0 Å². The fourth-order valence-corrected chi connectivity index (χ4v) is 3.94. The number of halogens is 4. The second kappa shape index (κ2) is 10.9. The second-order valence-electron chi connectivity index (χ2n) is 8.58. The Morgan fingerprint density at radius 1 is 1.14 bits per heavy atom. The van der Waals surface area contributed by atoms with Crippen LogP contribution in [0, 0.1) is 5.82 Å². The summed E-state index contributed by atoms with van der Waals surface area (Å²) >= 11 is 0. The minimum Gasteiger partial charge on any atom is -0.382 e. The van der Waals surface area contributed by atoms with E-state index in [1.54, 1.807) is 12.1 Å². The molecule has 0 radical (unpaired) electrons. The maximum absolute atomic E-state index is 13.5. The van der Waals surface area contributed by atoms with Crippen LogP contribution in [0.2, 0.25) is 0 Å². The summed E-state index contributed by atoms with van der Waals surface area (Å²) in [5, 5.41) is 8.62. The predicted molar refractivity (Wildman–Crippen MR) is 128 cm³/mol. The Bertz CT molecular complexity index is 1310. The van der Waals surface area contributed by atoms with Crippen molar-refractivity contribution in [2.45, 2.75) is 31.6 Å². The van der Waals surface area contributed by atoms with E-state index in [1.165, 1.54) is 24.4 Å². The van der Waals surface area contributed by atoms with E-state index in [9.17, 15) is 27.2 Å². The quantitative estimate of drug-likeness (QED) is 0.373. The monoisotopic (exact) mass is 516 g/mol. The molecule has 0 saturated carbocycles. The first-order chi connectivity index (χ1) is 17.6. The number of anilines is 1. The normalized spacial score (nSPS) is 15.7. The van der Waals surface area contributed by atoms with Gasteiger partial charge < -0.3 is 21.7 Å². The minimum atomic E-state index is -4.85.